The number of nitrogens with one attached hydrogen (secondary N) is 1. The Morgan fingerprint density at radius 2 is 2.33 bits per heavy atom. The largest absolute Gasteiger partial charge is 0.467 e. The van der Waals surface area contributed by atoms with Crippen molar-refractivity contribution in [3.05, 3.63) is 61.8 Å². The van der Waals surface area contributed by atoms with Crippen LogP contribution in [0.5, 0.6) is 5.75 Å². The van der Waals surface area contributed by atoms with Crippen LogP contribution >= 0.6 is 23.1 Å². The van der Waals surface area contributed by atoms with Crippen LogP contribution < -0.4 is 10.1 Å². The molecule has 1 aliphatic heterocycles. The molecule has 1 aromatic heterocycles. The maximum atomic E-state index is 12.0. The fraction of sp³-hybridized carbons (Fsp3) is 0.278. The van der Waals surface area contributed by atoms with Crippen molar-refractivity contribution in [1.29, 1.82) is 0 Å². The molecule has 1 N–H and O–H groups in total. The summed E-state index contributed by atoms with van der Waals surface area (Å²) in [6.45, 7) is 0.876. The highest BCUT2D eigenvalue weighted by Gasteiger charge is 2.19. The van der Waals surface area contributed by atoms with E-state index in [4.69, 9.17) is 9.47 Å². The number of hydrogen-bond donors (Lipinski definition) is 1. The number of benzene rings is 1. The first-order valence-corrected chi connectivity index (χ1v) is 10.2. The fourth-order valence-corrected chi connectivity index (χ4v) is 4.20. The third-order valence-electron chi connectivity index (χ3n) is 3.72. The number of ether oxygens (including phenoxy) is 2. The number of nitro groups is 1. The number of carbonyl (C=O) groups excluding carboxylic acids is 1. The van der Waals surface area contributed by atoms with Crippen LogP contribution in [0, 0.1) is 10.1 Å². The second-order valence-electron chi connectivity index (χ2n) is 5.65. The average molecular weight is 406 g/mol. The smallest absolute Gasteiger partial charge is 0.270 e. The van der Waals surface area contributed by atoms with E-state index < -0.39 is 4.92 Å². The molecule has 9 heteroatoms. The lowest BCUT2D eigenvalue weighted by Crippen LogP contribution is -2.23. The average Bonchev–Trinajstić information content (AvgIpc) is 3.19. The summed E-state index contributed by atoms with van der Waals surface area (Å²) >= 11 is 3.47. The first-order chi connectivity index (χ1) is 13.1. The summed E-state index contributed by atoms with van der Waals surface area (Å²) in [5, 5.41) is 15.9. The zero-order chi connectivity index (χ0) is 19.1. The number of hydrogen-bond acceptors (Lipinski definition) is 7. The van der Waals surface area contributed by atoms with Gasteiger partial charge in [0, 0.05) is 52.3 Å². The highest BCUT2D eigenvalue weighted by molar-refractivity contribution is 7.98. The molecule has 27 heavy (non-hydrogen) atoms. The Bertz CT molecular complexity index is 837. The van der Waals surface area contributed by atoms with Crippen LogP contribution in [-0.2, 0) is 21.9 Å². The number of carbonyl (C=O) groups is 1. The van der Waals surface area contributed by atoms with Crippen LogP contribution in [0.1, 0.15) is 16.0 Å². The number of nitrogens with zero attached hydrogens (tertiary/aromatic N) is 1. The van der Waals surface area contributed by atoms with Gasteiger partial charge in [0.15, 0.2) is 6.79 Å². The molecule has 1 aliphatic rings. The topological polar surface area (TPSA) is 90.7 Å². The molecule has 0 fully saturated rings. The number of fused-ring (bicyclic) bond motifs is 1. The van der Waals surface area contributed by atoms with Gasteiger partial charge in [-0.3, -0.25) is 14.9 Å². The molecule has 1 aromatic carbocycles. The summed E-state index contributed by atoms with van der Waals surface area (Å²) in [7, 11) is 0. The summed E-state index contributed by atoms with van der Waals surface area (Å²) < 4.78 is 10.6. The van der Waals surface area contributed by atoms with Crippen LogP contribution in [0.3, 0.4) is 0 Å². The maximum Gasteiger partial charge on any atom is 0.270 e. The molecule has 0 saturated carbocycles. The van der Waals surface area contributed by atoms with Gasteiger partial charge in [0.1, 0.15) is 5.75 Å². The Labute approximate surface area is 164 Å². The van der Waals surface area contributed by atoms with E-state index in [9.17, 15) is 14.9 Å². The number of thiophene rings is 1. The van der Waals surface area contributed by atoms with E-state index in [0.717, 1.165) is 11.5 Å². The van der Waals surface area contributed by atoms with Gasteiger partial charge in [-0.15, -0.1) is 11.3 Å². The van der Waals surface area contributed by atoms with E-state index in [1.165, 1.54) is 29.2 Å². The highest BCUT2D eigenvalue weighted by Crippen LogP contribution is 2.33. The van der Waals surface area contributed by atoms with E-state index in [0.29, 0.717) is 23.4 Å². The van der Waals surface area contributed by atoms with E-state index in [-0.39, 0.29) is 25.0 Å². The van der Waals surface area contributed by atoms with Crippen molar-refractivity contribution < 1.29 is 19.2 Å². The van der Waals surface area contributed by atoms with E-state index in [1.54, 1.807) is 23.1 Å². The molecular weight excluding hydrogens is 388 g/mol. The quantitative estimate of drug-likeness (QED) is 0.312. The number of amides is 1. The van der Waals surface area contributed by atoms with Gasteiger partial charge in [-0.05, 0) is 17.5 Å². The lowest BCUT2D eigenvalue weighted by atomic mass is 10.1. The lowest BCUT2D eigenvalue weighted by Gasteiger charge is -2.19. The molecule has 0 unspecified atom stereocenters. The molecule has 0 atom stereocenters. The second kappa shape index (κ2) is 9.54. The van der Waals surface area contributed by atoms with Crippen LogP contribution in [0.25, 0.3) is 6.08 Å². The molecule has 0 bridgehead atoms. The van der Waals surface area contributed by atoms with Crippen LogP contribution in [0.4, 0.5) is 5.69 Å². The lowest BCUT2D eigenvalue weighted by molar-refractivity contribution is -0.385. The Morgan fingerprint density at radius 3 is 3.11 bits per heavy atom. The van der Waals surface area contributed by atoms with Crippen molar-refractivity contribution in [3.8, 4) is 5.75 Å². The minimum absolute atomic E-state index is 0.0621. The third kappa shape index (κ3) is 5.56. The van der Waals surface area contributed by atoms with Gasteiger partial charge in [0.25, 0.3) is 5.69 Å². The standard InChI is InChI=1S/C18H18N2O5S2/c21-17(19-5-7-26-11-16-2-1-6-27-16)4-3-13-8-15(20(22)23)9-14-10-24-12-25-18(13)14/h1-4,6,8-9H,5,7,10-12H2,(H,19,21)/b4-3+. The van der Waals surface area contributed by atoms with Gasteiger partial charge in [-0.2, -0.15) is 11.8 Å². The summed E-state index contributed by atoms with van der Waals surface area (Å²) in [6.07, 6.45) is 2.90. The molecule has 0 spiro atoms. The summed E-state index contributed by atoms with van der Waals surface area (Å²) in [5.74, 6) is 2.01. The maximum absolute atomic E-state index is 12.0. The van der Waals surface area contributed by atoms with E-state index >= 15 is 0 Å². The van der Waals surface area contributed by atoms with Gasteiger partial charge in [-0.25, -0.2) is 0 Å². The molecule has 0 radical (unpaired) electrons. The van der Waals surface area contributed by atoms with Gasteiger partial charge in [0.05, 0.1) is 11.5 Å². The molecule has 0 aliphatic carbocycles. The predicted octanol–water partition coefficient (Wildman–Crippen LogP) is 3.59. The molecular formula is C18H18N2O5S2. The number of thioether (sulfide) groups is 1. The van der Waals surface area contributed by atoms with E-state index in [2.05, 4.69) is 11.4 Å². The van der Waals surface area contributed by atoms with E-state index in [1.807, 2.05) is 11.4 Å². The predicted molar refractivity (Wildman–Crippen MR) is 106 cm³/mol. The van der Waals surface area contributed by atoms with Crippen molar-refractivity contribution in [1.82, 2.24) is 5.32 Å². The minimum Gasteiger partial charge on any atom is -0.467 e. The molecule has 0 saturated heterocycles. The van der Waals surface area contributed by atoms with Crippen LogP contribution in [0.15, 0.2) is 35.7 Å². The first kappa shape index (κ1) is 19.4. The van der Waals surface area contributed by atoms with Gasteiger partial charge in [0.2, 0.25) is 5.91 Å². The van der Waals surface area contributed by atoms with Crippen molar-refractivity contribution >= 4 is 40.8 Å². The third-order valence-corrected chi connectivity index (χ3v) is 5.79. The summed E-state index contributed by atoms with van der Waals surface area (Å²) in [5.41, 5.74) is 1.03. The Kier molecular flexibility index (Phi) is 6.86. The first-order valence-electron chi connectivity index (χ1n) is 8.21. The number of non-ortho nitro benzene ring substituents is 1. The summed E-state index contributed by atoms with van der Waals surface area (Å²) in [4.78, 5) is 23.9. The van der Waals surface area contributed by atoms with Crippen molar-refractivity contribution in [2.24, 2.45) is 0 Å². The molecule has 1 amide bonds. The zero-order valence-electron chi connectivity index (χ0n) is 14.4. The molecule has 142 valence electrons. The van der Waals surface area contributed by atoms with Gasteiger partial charge in [-0.1, -0.05) is 6.07 Å². The molecule has 2 heterocycles. The summed E-state index contributed by atoms with van der Waals surface area (Å²) in [6, 6.07) is 6.93. The molecule has 2 aromatic rings. The highest BCUT2D eigenvalue weighted by atomic mass is 32.2. The minimum atomic E-state index is -0.475. The van der Waals surface area contributed by atoms with Crippen LogP contribution in [0.2, 0.25) is 0 Å². The monoisotopic (exact) mass is 406 g/mol. The fourth-order valence-electron chi connectivity index (χ4n) is 2.50. The van der Waals surface area contributed by atoms with Gasteiger partial charge >= 0.3 is 0 Å². The Hall–Kier alpha value is -2.36. The molecule has 7 nitrogen and oxygen atoms in total. The van der Waals surface area contributed by atoms with Gasteiger partial charge < -0.3 is 14.8 Å². The zero-order valence-corrected chi connectivity index (χ0v) is 16.0. The van der Waals surface area contributed by atoms with Crippen LogP contribution in [-0.4, -0.2) is 29.9 Å². The van der Waals surface area contributed by atoms with Crippen molar-refractivity contribution in [3.63, 3.8) is 0 Å². The number of nitro benzene ring substituents is 1. The van der Waals surface area contributed by atoms with Crippen molar-refractivity contribution in [2.45, 2.75) is 12.4 Å². The Balaban J connectivity index is 1.54. The molecule has 3 rings (SSSR count). The number of rotatable bonds is 8. The SMILES string of the molecule is O=C(/C=C/c1cc([N+](=O)[O-])cc2c1OCOC2)NCCSCc1cccs1. The normalized spacial score (nSPS) is 13.2. The Morgan fingerprint density at radius 1 is 1.44 bits per heavy atom. The van der Waals surface area contributed by atoms with Crippen molar-refractivity contribution in [2.75, 3.05) is 19.1 Å². The second-order valence-corrected chi connectivity index (χ2v) is 7.78.